The van der Waals surface area contributed by atoms with Crippen LogP contribution in [0.2, 0.25) is 0 Å². The lowest BCUT2D eigenvalue weighted by Gasteiger charge is -2.31. The molecule has 3 aliphatic heterocycles. The number of aliphatic hydroxyl groups is 1. The number of rotatable bonds is 22. The van der Waals surface area contributed by atoms with Crippen molar-refractivity contribution in [3.05, 3.63) is 110 Å². The highest BCUT2D eigenvalue weighted by molar-refractivity contribution is 6.15. The maximum absolute atomic E-state index is 15.4. The van der Waals surface area contributed by atoms with E-state index in [9.17, 15) is 71.0 Å². The Kier molecular flexibility index (Phi) is 17.1. The lowest BCUT2D eigenvalue weighted by Crippen LogP contribution is -2.56. The molecule has 428 valence electrons. The number of halogens is 4. The number of benzene rings is 2. The number of carboxylic acid groups (broad SMARTS) is 1. The third kappa shape index (κ3) is 12.3. The Balaban J connectivity index is 0.885. The van der Waals surface area contributed by atoms with Crippen LogP contribution in [0.15, 0.2) is 59.4 Å². The number of aliphatic carboxylic acids is 1. The summed E-state index contributed by atoms with van der Waals surface area (Å²) >= 11 is 0. The standard InChI is InChI=1S/C52H52F4N10O15/c1-3-51(79)29-14-34-44-27(21-65(34)49(77)28(29)22-80-50(51)78)43-31(10-9-26-24(2)30(53)15-32(63-44)42(26)43)64-48(76)45(52(54,55)56)81-23-61-37(68)18-59-46(74)33(13-25-7-5-4-6-8-25)62-38(69)19-58-36(67)17-60-47(75)35(16-57-20-41(72)73)66-39(70)11-12-40(66)71/h4-8,11-12,14-15,31,33,35,45,57,79H,3,9-10,13,16-23H2,1-2H3,(H,58,67)(H,59,74)(H,60,75)(H,61,68)(H,62,69)(H,64,76)(H,72,73)/t31-,33-,35+,45-,51-/m0/s1. The van der Waals surface area contributed by atoms with Gasteiger partial charge in [-0.15, -0.1) is 0 Å². The van der Waals surface area contributed by atoms with Crippen LogP contribution in [-0.4, -0.2) is 148 Å². The lowest BCUT2D eigenvalue weighted by atomic mass is 9.81. The highest BCUT2D eigenvalue weighted by Gasteiger charge is 2.49. The highest BCUT2D eigenvalue weighted by Crippen LogP contribution is 2.46. The minimum atomic E-state index is -5.36. The van der Waals surface area contributed by atoms with Crippen molar-refractivity contribution in [2.24, 2.45) is 0 Å². The molecule has 0 radical (unpaired) electrons. The molecule has 0 saturated heterocycles. The van der Waals surface area contributed by atoms with E-state index in [-0.39, 0.29) is 71.4 Å². The van der Waals surface area contributed by atoms with Gasteiger partial charge >= 0.3 is 18.1 Å². The molecule has 25 nitrogen and oxygen atoms in total. The molecule has 29 heteroatoms. The Morgan fingerprint density at radius 3 is 2.20 bits per heavy atom. The van der Waals surface area contributed by atoms with Crippen molar-refractivity contribution in [1.82, 2.24) is 51.7 Å². The Hall–Kier alpha value is -8.96. The molecule has 0 fully saturated rings. The monoisotopic (exact) mass is 1130 g/mol. The number of aromatic nitrogens is 2. The van der Waals surface area contributed by atoms with Crippen LogP contribution in [-0.2, 0) is 89.0 Å². The quantitative estimate of drug-likeness (QED) is 0.0168. The number of pyridine rings is 2. The predicted molar refractivity (Wildman–Crippen MR) is 269 cm³/mol. The first-order valence-corrected chi connectivity index (χ1v) is 25.1. The van der Waals surface area contributed by atoms with Crippen molar-refractivity contribution in [1.29, 1.82) is 0 Å². The van der Waals surface area contributed by atoms with Gasteiger partial charge in [-0.05, 0) is 54.5 Å². The van der Waals surface area contributed by atoms with Gasteiger partial charge in [0.15, 0.2) is 5.60 Å². The van der Waals surface area contributed by atoms with Crippen LogP contribution in [0.1, 0.15) is 64.8 Å². The van der Waals surface area contributed by atoms with Gasteiger partial charge in [0.2, 0.25) is 35.6 Å². The first-order chi connectivity index (χ1) is 38.4. The number of ether oxygens (including phenoxy) is 2. The van der Waals surface area contributed by atoms with Crippen LogP contribution in [0.25, 0.3) is 22.3 Å². The van der Waals surface area contributed by atoms with E-state index in [1.54, 1.807) is 30.3 Å². The van der Waals surface area contributed by atoms with Gasteiger partial charge in [-0.3, -0.25) is 52.8 Å². The topological polar surface area (TPSA) is 352 Å². The van der Waals surface area contributed by atoms with Gasteiger partial charge < -0.3 is 61.5 Å². The summed E-state index contributed by atoms with van der Waals surface area (Å²) in [4.78, 5) is 146. The van der Waals surface area contributed by atoms with Gasteiger partial charge in [0.25, 0.3) is 23.3 Å². The number of hydrogen-bond acceptors (Lipinski definition) is 16. The molecule has 2 aromatic heterocycles. The molecule has 0 spiro atoms. The maximum atomic E-state index is 15.4. The smallest absolute Gasteiger partial charge is 0.423 e. The fourth-order valence-corrected chi connectivity index (χ4v) is 9.99. The van der Waals surface area contributed by atoms with Crippen LogP contribution in [0.5, 0.6) is 0 Å². The number of esters is 1. The Bertz CT molecular complexity index is 3370. The Labute approximate surface area is 455 Å². The van der Waals surface area contributed by atoms with Crippen molar-refractivity contribution in [3.8, 4) is 11.4 Å². The van der Waals surface area contributed by atoms with Crippen molar-refractivity contribution in [2.75, 3.05) is 39.5 Å². The second-order valence-corrected chi connectivity index (χ2v) is 19.2. The minimum absolute atomic E-state index is 0.000968. The number of cyclic esters (lactones) is 1. The second kappa shape index (κ2) is 23.8. The number of nitrogens with zero attached hydrogens (tertiary/aromatic N) is 3. The van der Waals surface area contributed by atoms with E-state index in [1.807, 2.05) is 5.32 Å². The number of carboxylic acids is 1. The SMILES string of the molecule is CC[C@@]1(O)C(=O)OCc2c1cc1n(c2=O)Cc2c-1nc1cc(F)c(C)c3c1c2[C@@H](NC(=O)[C@H](OCNC(=O)CNC(=O)[C@H](Cc1ccccc1)NC(=O)CNC(=O)CNC(=O)[C@@H](CNCC(=O)O)N1C(=O)C=CC1=O)C(F)(F)F)CC3. The normalized spacial score (nSPS) is 17.9. The van der Waals surface area contributed by atoms with E-state index >= 15 is 4.39 Å². The van der Waals surface area contributed by atoms with Crippen LogP contribution in [0.4, 0.5) is 17.6 Å². The highest BCUT2D eigenvalue weighted by atomic mass is 19.4. The molecule has 5 heterocycles. The molecule has 81 heavy (non-hydrogen) atoms. The van der Waals surface area contributed by atoms with Crippen molar-refractivity contribution >= 4 is 70.1 Å². The van der Waals surface area contributed by atoms with E-state index in [4.69, 9.17) is 19.6 Å². The number of aryl methyl sites for hydroxylation is 1. The summed E-state index contributed by atoms with van der Waals surface area (Å²) in [7, 11) is 0. The van der Waals surface area contributed by atoms with Crippen LogP contribution >= 0.6 is 0 Å². The fraction of sp³-hybridized carbons (Fsp3) is 0.385. The van der Waals surface area contributed by atoms with Crippen LogP contribution in [0, 0.1) is 12.7 Å². The Morgan fingerprint density at radius 1 is 0.864 bits per heavy atom. The molecule has 9 N–H and O–H groups in total. The molecule has 5 atom stereocenters. The first kappa shape index (κ1) is 58.2. The fourth-order valence-electron chi connectivity index (χ4n) is 9.99. The van der Waals surface area contributed by atoms with Gasteiger partial charge in [-0.25, -0.2) is 14.2 Å². The van der Waals surface area contributed by atoms with Gasteiger partial charge in [-0.1, -0.05) is 37.3 Å². The van der Waals surface area contributed by atoms with Crippen molar-refractivity contribution in [3.63, 3.8) is 0 Å². The van der Waals surface area contributed by atoms with E-state index in [2.05, 4.69) is 31.9 Å². The molecule has 0 saturated carbocycles. The van der Waals surface area contributed by atoms with E-state index in [0.717, 1.165) is 18.2 Å². The van der Waals surface area contributed by atoms with Crippen LogP contribution < -0.4 is 42.8 Å². The predicted octanol–water partition coefficient (Wildman–Crippen LogP) is -1.30. The number of alkyl halides is 3. The molecule has 4 aromatic rings. The van der Waals surface area contributed by atoms with Crippen molar-refractivity contribution in [2.45, 2.75) is 88.7 Å². The van der Waals surface area contributed by atoms with Crippen LogP contribution in [0.3, 0.4) is 0 Å². The molecular formula is C52H52F4N10O15. The zero-order valence-electron chi connectivity index (χ0n) is 43.0. The molecule has 8 amide bonds. The molecule has 8 rings (SSSR count). The first-order valence-electron chi connectivity index (χ1n) is 25.1. The summed E-state index contributed by atoms with van der Waals surface area (Å²) in [5, 5.41) is 36.5. The number of nitrogens with one attached hydrogen (secondary N) is 7. The number of fused-ring (bicyclic) bond motifs is 5. The summed E-state index contributed by atoms with van der Waals surface area (Å²) < 4.78 is 70.8. The molecule has 1 aliphatic carbocycles. The third-order valence-corrected chi connectivity index (χ3v) is 14.0. The average Bonchev–Trinajstić information content (AvgIpc) is 2.31. The van der Waals surface area contributed by atoms with Gasteiger partial charge in [0, 0.05) is 47.7 Å². The molecule has 0 unspecified atom stereocenters. The van der Waals surface area contributed by atoms with E-state index < -0.39 is 153 Å². The average molecular weight is 1130 g/mol. The largest absolute Gasteiger partial charge is 0.480 e. The Morgan fingerprint density at radius 2 is 1.53 bits per heavy atom. The zero-order chi connectivity index (χ0) is 58.7. The van der Waals surface area contributed by atoms with E-state index in [1.165, 1.54) is 24.5 Å². The number of carbonyl (C=O) groups excluding carboxylic acids is 9. The summed E-state index contributed by atoms with van der Waals surface area (Å²) in [5.41, 5.74) is -0.720. The number of carbonyl (C=O) groups is 10. The number of imide groups is 1. The minimum Gasteiger partial charge on any atom is -0.480 e. The summed E-state index contributed by atoms with van der Waals surface area (Å²) in [6, 6.07) is 6.52. The van der Waals surface area contributed by atoms with Gasteiger partial charge in [-0.2, -0.15) is 13.2 Å². The van der Waals surface area contributed by atoms with Crippen molar-refractivity contribution < 1.29 is 85.2 Å². The lowest BCUT2D eigenvalue weighted by molar-refractivity contribution is -0.220. The van der Waals surface area contributed by atoms with Gasteiger partial charge in [0.1, 0.15) is 31.2 Å². The molecule has 2 aromatic carbocycles. The summed E-state index contributed by atoms with van der Waals surface area (Å²) in [6.07, 6.45) is -7.03. The van der Waals surface area contributed by atoms with Gasteiger partial charge in [0.05, 0.1) is 61.2 Å². The third-order valence-electron chi connectivity index (χ3n) is 14.0. The molecule has 4 aliphatic rings. The van der Waals surface area contributed by atoms with E-state index in [0.29, 0.717) is 27.0 Å². The second-order valence-electron chi connectivity index (χ2n) is 19.2. The zero-order valence-corrected chi connectivity index (χ0v) is 43.0. The number of amides is 8. The maximum Gasteiger partial charge on any atom is 0.423 e. The summed E-state index contributed by atoms with van der Waals surface area (Å²) in [6.45, 7) is -2.34. The molecule has 0 bridgehead atoms. The number of hydrogen-bond donors (Lipinski definition) is 9. The summed E-state index contributed by atoms with van der Waals surface area (Å²) in [5.74, 6) is -11.3. The molecular weight excluding hydrogens is 1080 g/mol.